The van der Waals surface area contributed by atoms with Crippen molar-refractivity contribution in [1.29, 1.82) is 5.26 Å². The molecular weight excluding hydrogens is 194 g/mol. The quantitative estimate of drug-likeness (QED) is 0.682. The minimum Gasteiger partial charge on any atom is -0.465 e. The number of fused-ring (bicyclic) bond motifs is 1. The summed E-state index contributed by atoms with van der Waals surface area (Å²) in [7, 11) is 0. The highest BCUT2D eigenvalue weighted by Gasteiger charge is 2.20. The molecule has 1 aromatic heterocycles. The van der Waals surface area contributed by atoms with Gasteiger partial charge in [0.25, 0.3) is 0 Å². The number of nitrogens with zero attached hydrogens (tertiary/aromatic N) is 3. The van der Waals surface area contributed by atoms with Crippen molar-refractivity contribution in [2.45, 2.75) is 13.0 Å². The molecule has 2 rings (SSSR count). The van der Waals surface area contributed by atoms with Crippen molar-refractivity contribution in [3.63, 3.8) is 0 Å². The van der Waals surface area contributed by atoms with Crippen LogP contribution in [-0.4, -0.2) is 27.6 Å². The molecule has 2 heterocycles. The fourth-order valence-corrected chi connectivity index (χ4v) is 1.64. The van der Waals surface area contributed by atoms with Crippen molar-refractivity contribution in [3.8, 4) is 6.07 Å². The predicted octanol–water partition coefficient (Wildman–Crippen LogP) is 0.989. The first kappa shape index (κ1) is 9.46. The molecule has 0 bridgehead atoms. The van der Waals surface area contributed by atoms with Crippen molar-refractivity contribution >= 4 is 6.09 Å². The molecule has 0 radical (unpaired) electrons. The van der Waals surface area contributed by atoms with E-state index in [9.17, 15) is 4.79 Å². The highest BCUT2D eigenvalue weighted by Crippen LogP contribution is 2.17. The second kappa shape index (κ2) is 3.58. The van der Waals surface area contributed by atoms with Gasteiger partial charge in [0.1, 0.15) is 11.8 Å². The summed E-state index contributed by atoms with van der Waals surface area (Å²) < 4.78 is 0. The van der Waals surface area contributed by atoms with Gasteiger partial charge in [-0.3, -0.25) is 0 Å². The summed E-state index contributed by atoms with van der Waals surface area (Å²) in [5.74, 6) is 0. The minimum absolute atomic E-state index is 0.278. The summed E-state index contributed by atoms with van der Waals surface area (Å²) in [6.45, 7) is 0.774. The molecule has 0 atom stereocenters. The van der Waals surface area contributed by atoms with Crippen LogP contribution in [0.3, 0.4) is 0 Å². The summed E-state index contributed by atoms with van der Waals surface area (Å²) in [4.78, 5) is 16.2. The van der Waals surface area contributed by atoms with Crippen LogP contribution in [-0.2, 0) is 13.0 Å². The molecule has 15 heavy (non-hydrogen) atoms. The van der Waals surface area contributed by atoms with E-state index >= 15 is 0 Å². The third-order valence-electron chi connectivity index (χ3n) is 2.45. The molecule has 1 aliphatic rings. The molecule has 0 aliphatic carbocycles. The average molecular weight is 203 g/mol. The summed E-state index contributed by atoms with van der Waals surface area (Å²) in [6.07, 6.45) is -0.273. The monoisotopic (exact) mass is 203 g/mol. The van der Waals surface area contributed by atoms with Crippen molar-refractivity contribution in [3.05, 3.63) is 29.1 Å². The van der Waals surface area contributed by atoms with Gasteiger partial charge in [-0.1, -0.05) is 6.07 Å². The number of hydrogen-bond donors (Lipinski definition) is 1. The lowest BCUT2D eigenvalue weighted by Crippen LogP contribution is -2.35. The summed E-state index contributed by atoms with van der Waals surface area (Å²) in [5.41, 5.74) is 2.06. The van der Waals surface area contributed by atoms with E-state index in [4.69, 9.17) is 10.4 Å². The van der Waals surface area contributed by atoms with Gasteiger partial charge in [-0.15, -0.1) is 0 Å². The molecule has 1 amide bonds. The smallest absolute Gasteiger partial charge is 0.407 e. The average Bonchev–Trinajstić information content (AvgIpc) is 2.27. The summed E-state index contributed by atoms with van der Waals surface area (Å²) >= 11 is 0. The maximum Gasteiger partial charge on any atom is 0.407 e. The Morgan fingerprint density at radius 2 is 2.40 bits per heavy atom. The summed E-state index contributed by atoms with van der Waals surface area (Å²) in [6, 6.07) is 5.45. The first-order chi connectivity index (χ1) is 7.20. The van der Waals surface area contributed by atoms with Crippen LogP contribution in [0.25, 0.3) is 0 Å². The Kier molecular flexibility index (Phi) is 2.26. The van der Waals surface area contributed by atoms with E-state index in [0.717, 1.165) is 5.56 Å². The molecule has 0 aromatic carbocycles. The van der Waals surface area contributed by atoms with E-state index in [0.29, 0.717) is 24.4 Å². The Hall–Kier alpha value is -2.09. The topological polar surface area (TPSA) is 77.2 Å². The highest BCUT2D eigenvalue weighted by molar-refractivity contribution is 5.65. The first-order valence-corrected chi connectivity index (χ1v) is 4.57. The second-order valence-electron chi connectivity index (χ2n) is 3.37. The van der Waals surface area contributed by atoms with Gasteiger partial charge in [0.15, 0.2) is 0 Å². The molecule has 0 unspecified atom stereocenters. The Morgan fingerprint density at radius 1 is 1.60 bits per heavy atom. The molecule has 76 valence electrons. The fourth-order valence-electron chi connectivity index (χ4n) is 1.64. The van der Waals surface area contributed by atoms with Crippen LogP contribution in [0.2, 0.25) is 0 Å². The zero-order valence-electron chi connectivity index (χ0n) is 7.97. The number of carbonyl (C=O) groups is 1. The van der Waals surface area contributed by atoms with E-state index in [-0.39, 0.29) is 6.54 Å². The SMILES string of the molecule is N#Cc1ccc2c(n1)CN(C(=O)O)CC2. The largest absolute Gasteiger partial charge is 0.465 e. The number of hydrogen-bond acceptors (Lipinski definition) is 3. The molecular formula is C10H9N3O2. The molecule has 0 fully saturated rings. The lowest BCUT2D eigenvalue weighted by atomic mass is 10.1. The number of carboxylic acid groups (broad SMARTS) is 1. The van der Waals surface area contributed by atoms with Gasteiger partial charge in [-0.05, 0) is 18.1 Å². The lowest BCUT2D eigenvalue weighted by Gasteiger charge is -2.25. The van der Waals surface area contributed by atoms with Gasteiger partial charge in [0, 0.05) is 6.54 Å². The Balaban J connectivity index is 2.32. The number of rotatable bonds is 0. The van der Waals surface area contributed by atoms with Crippen LogP contribution in [0.15, 0.2) is 12.1 Å². The van der Waals surface area contributed by atoms with Crippen LogP contribution >= 0.6 is 0 Å². The van der Waals surface area contributed by atoms with Crippen molar-refractivity contribution in [2.24, 2.45) is 0 Å². The maximum absolute atomic E-state index is 10.8. The standard InChI is InChI=1S/C10H9N3O2/c11-5-8-2-1-7-3-4-13(10(14)15)6-9(7)12-8/h1-2H,3-4,6H2,(H,14,15). The molecule has 1 aliphatic heterocycles. The van der Waals surface area contributed by atoms with Crippen LogP contribution in [0, 0.1) is 11.3 Å². The number of amides is 1. The van der Waals surface area contributed by atoms with Gasteiger partial charge in [-0.2, -0.15) is 5.26 Å². The van der Waals surface area contributed by atoms with Crippen molar-refractivity contribution in [2.75, 3.05) is 6.54 Å². The van der Waals surface area contributed by atoms with Gasteiger partial charge < -0.3 is 10.0 Å². The Labute approximate surface area is 86.6 Å². The minimum atomic E-state index is -0.940. The van der Waals surface area contributed by atoms with Crippen LogP contribution in [0.4, 0.5) is 4.79 Å². The third-order valence-corrected chi connectivity index (χ3v) is 2.45. The normalized spacial score (nSPS) is 14.2. The van der Waals surface area contributed by atoms with Gasteiger partial charge in [0.2, 0.25) is 0 Å². The van der Waals surface area contributed by atoms with E-state index in [1.54, 1.807) is 6.07 Å². The van der Waals surface area contributed by atoms with E-state index in [1.807, 2.05) is 12.1 Å². The van der Waals surface area contributed by atoms with Crippen LogP contribution < -0.4 is 0 Å². The van der Waals surface area contributed by atoms with Gasteiger partial charge in [-0.25, -0.2) is 9.78 Å². The van der Waals surface area contributed by atoms with E-state index in [2.05, 4.69) is 4.98 Å². The zero-order chi connectivity index (χ0) is 10.8. The van der Waals surface area contributed by atoms with Crippen LogP contribution in [0.5, 0.6) is 0 Å². The first-order valence-electron chi connectivity index (χ1n) is 4.57. The highest BCUT2D eigenvalue weighted by atomic mass is 16.4. The third kappa shape index (κ3) is 1.74. The van der Waals surface area contributed by atoms with E-state index < -0.39 is 6.09 Å². The maximum atomic E-state index is 10.8. The molecule has 0 spiro atoms. The van der Waals surface area contributed by atoms with Gasteiger partial charge >= 0.3 is 6.09 Å². The molecule has 0 saturated carbocycles. The van der Waals surface area contributed by atoms with Crippen molar-refractivity contribution < 1.29 is 9.90 Å². The van der Waals surface area contributed by atoms with Crippen LogP contribution in [0.1, 0.15) is 17.0 Å². The molecule has 0 saturated heterocycles. The second-order valence-corrected chi connectivity index (χ2v) is 3.37. The number of pyridine rings is 1. The zero-order valence-corrected chi connectivity index (χ0v) is 7.97. The molecule has 1 aromatic rings. The molecule has 1 N–H and O–H groups in total. The Bertz CT molecular complexity index is 450. The molecule has 5 nitrogen and oxygen atoms in total. The Morgan fingerprint density at radius 3 is 3.07 bits per heavy atom. The number of aromatic nitrogens is 1. The fraction of sp³-hybridized carbons (Fsp3) is 0.300. The predicted molar refractivity (Wildman–Crippen MR) is 51.1 cm³/mol. The number of nitriles is 1. The van der Waals surface area contributed by atoms with Gasteiger partial charge in [0.05, 0.1) is 12.2 Å². The van der Waals surface area contributed by atoms with Crippen molar-refractivity contribution in [1.82, 2.24) is 9.88 Å². The van der Waals surface area contributed by atoms with E-state index in [1.165, 1.54) is 4.90 Å². The lowest BCUT2D eigenvalue weighted by molar-refractivity contribution is 0.139. The summed E-state index contributed by atoms with van der Waals surface area (Å²) in [5, 5.41) is 17.5. The molecule has 5 heteroatoms.